The van der Waals surface area contributed by atoms with Crippen molar-refractivity contribution in [2.75, 3.05) is 11.5 Å². The van der Waals surface area contributed by atoms with Crippen molar-refractivity contribution in [1.29, 1.82) is 0 Å². The zero-order chi connectivity index (χ0) is 15.0. The molecule has 2 aromatic heterocycles. The fourth-order valence-corrected chi connectivity index (χ4v) is 4.03. The maximum Gasteiger partial charge on any atom is 0.339 e. The van der Waals surface area contributed by atoms with Crippen LogP contribution >= 0.6 is 0 Å². The van der Waals surface area contributed by atoms with E-state index < -0.39 is 15.8 Å². The lowest BCUT2D eigenvalue weighted by Gasteiger charge is -2.07. The molecule has 1 atom stereocenters. The molecule has 1 N–H and O–H groups in total. The average molecular weight is 308 g/mol. The molecule has 1 fully saturated rings. The predicted octanol–water partition coefficient (Wildman–Crippen LogP) is 0.398. The van der Waals surface area contributed by atoms with Crippen molar-refractivity contribution < 1.29 is 18.3 Å². The average Bonchev–Trinajstić information content (AvgIpc) is 3.03. The summed E-state index contributed by atoms with van der Waals surface area (Å²) in [6.45, 7) is 0. The lowest BCUT2D eigenvalue weighted by Crippen LogP contribution is -2.11. The molecular weight excluding hydrogens is 296 g/mol. The van der Waals surface area contributed by atoms with Gasteiger partial charge in [0.25, 0.3) is 0 Å². The van der Waals surface area contributed by atoms with Crippen molar-refractivity contribution in [1.82, 2.24) is 19.7 Å². The molecule has 0 saturated carbocycles. The largest absolute Gasteiger partial charge is 0.478 e. The third-order valence-electron chi connectivity index (χ3n) is 3.35. The van der Waals surface area contributed by atoms with E-state index >= 15 is 0 Å². The highest BCUT2D eigenvalue weighted by Crippen LogP contribution is 2.27. The van der Waals surface area contributed by atoms with E-state index in [1.807, 2.05) is 0 Å². The van der Waals surface area contributed by atoms with Gasteiger partial charge in [0.2, 0.25) is 0 Å². The lowest BCUT2D eigenvalue weighted by atomic mass is 10.2. The molecule has 1 aliphatic rings. The molecule has 0 bridgehead atoms. The molecule has 1 aliphatic heterocycles. The Kier molecular flexibility index (Phi) is 3.20. The van der Waals surface area contributed by atoms with Crippen LogP contribution < -0.4 is 0 Å². The summed E-state index contributed by atoms with van der Waals surface area (Å²) in [5, 5.41) is 13.5. The van der Waals surface area contributed by atoms with Gasteiger partial charge in [0, 0.05) is 18.6 Å². The Labute approximate surface area is 120 Å². The van der Waals surface area contributed by atoms with Crippen LogP contribution in [-0.4, -0.2) is 50.7 Å². The lowest BCUT2D eigenvalue weighted by molar-refractivity contribution is 0.0697. The Hall–Kier alpha value is -2.29. The molecule has 8 nitrogen and oxygen atoms in total. The van der Waals surface area contributed by atoms with Gasteiger partial charge >= 0.3 is 5.97 Å². The van der Waals surface area contributed by atoms with Crippen LogP contribution in [0.1, 0.15) is 22.8 Å². The number of aromatic carboxylic acids is 1. The van der Waals surface area contributed by atoms with Crippen LogP contribution in [0, 0.1) is 0 Å². The molecule has 0 aromatic carbocycles. The quantitative estimate of drug-likeness (QED) is 0.872. The molecule has 110 valence electrons. The van der Waals surface area contributed by atoms with Gasteiger partial charge in [-0.05, 0) is 6.42 Å². The summed E-state index contributed by atoms with van der Waals surface area (Å²) in [5.74, 6) is -1.06. The monoisotopic (exact) mass is 308 g/mol. The molecule has 1 unspecified atom stereocenters. The van der Waals surface area contributed by atoms with Gasteiger partial charge in [-0.3, -0.25) is 14.6 Å². The van der Waals surface area contributed by atoms with E-state index in [-0.39, 0.29) is 28.8 Å². The molecule has 2 aromatic rings. The highest BCUT2D eigenvalue weighted by molar-refractivity contribution is 7.91. The summed E-state index contributed by atoms with van der Waals surface area (Å²) < 4.78 is 24.5. The zero-order valence-corrected chi connectivity index (χ0v) is 11.7. The van der Waals surface area contributed by atoms with Gasteiger partial charge in [-0.2, -0.15) is 5.10 Å². The molecule has 3 rings (SSSR count). The van der Waals surface area contributed by atoms with Crippen LogP contribution in [0.15, 0.2) is 24.8 Å². The van der Waals surface area contributed by atoms with Gasteiger partial charge in [-0.15, -0.1) is 0 Å². The number of hydrogen-bond acceptors (Lipinski definition) is 6. The Morgan fingerprint density at radius 3 is 2.76 bits per heavy atom. The molecule has 0 radical (unpaired) electrons. The second-order valence-electron chi connectivity index (χ2n) is 4.82. The number of carbonyl (C=O) groups is 1. The number of rotatable bonds is 3. The molecule has 3 heterocycles. The van der Waals surface area contributed by atoms with Crippen LogP contribution in [0.5, 0.6) is 0 Å². The van der Waals surface area contributed by atoms with E-state index in [2.05, 4.69) is 15.1 Å². The Morgan fingerprint density at radius 1 is 1.38 bits per heavy atom. The first-order valence-corrected chi connectivity index (χ1v) is 8.08. The van der Waals surface area contributed by atoms with Crippen molar-refractivity contribution in [3.8, 4) is 11.4 Å². The normalized spacial score (nSPS) is 20.5. The topological polar surface area (TPSA) is 115 Å². The smallest absolute Gasteiger partial charge is 0.339 e. The first-order valence-electron chi connectivity index (χ1n) is 6.25. The number of carboxylic acids is 1. The van der Waals surface area contributed by atoms with E-state index in [4.69, 9.17) is 0 Å². The van der Waals surface area contributed by atoms with Crippen LogP contribution in [0.25, 0.3) is 11.4 Å². The summed E-state index contributed by atoms with van der Waals surface area (Å²) >= 11 is 0. The zero-order valence-electron chi connectivity index (χ0n) is 10.9. The number of sulfone groups is 1. The summed E-state index contributed by atoms with van der Waals surface area (Å²) in [4.78, 5) is 19.3. The maximum absolute atomic E-state index is 11.5. The summed E-state index contributed by atoms with van der Waals surface area (Å²) in [7, 11) is -3.07. The first kappa shape index (κ1) is 13.7. The van der Waals surface area contributed by atoms with E-state index in [9.17, 15) is 18.3 Å². The summed E-state index contributed by atoms with van der Waals surface area (Å²) in [6.07, 6.45) is 6.13. The van der Waals surface area contributed by atoms with Crippen molar-refractivity contribution >= 4 is 15.8 Å². The minimum absolute atomic E-state index is 0.0141. The van der Waals surface area contributed by atoms with Crippen LogP contribution in [-0.2, 0) is 9.84 Å². The van der Waals surface area contributed by atoms with E-state index in [1.165, 1.54) is 29.5 Å². The van der Waals surface area contributed by atoms with Gasteiger partial charge < -0.3 is 5.11 Å². The third-order valence-corrected chi connectivity index (χ3v) is 5.10. The predicted molar refractivity (Wildman–Crippen MR) is 72.5 cm³/mol. The van der Waals surface area contributed by atoms with Crippen molar-refractivity contribution in [3.63, 3.8) is 0 Å². The van der Waals surface area contributed by atoms with Crippen LogP contribution in [0.4, 0.5) is 0 Å². The van der Waals surface area contributed by atoms with Gasteiger partial charge in [0.15, 0.2) is 9.84 Å². The SMILES string of the molecule is O=C(O)c1cn(C2CCS(=O)(=O)C2)nc1-c1cnccn1. The minimum Gasteiger partial charge on any atom is -0.478 e. The van der Waals surface area contributed by atoms with E-state index in [1.54, 1.807) is 0 Å². The molecule has 1 saturated heterocycles. The highest BCUT2D eigenvalue weighted by Gasteiger charge is 2.31. The Bertz CT molecular complexity index is 785. The van der Waals surface area contributed by atoms with E-state index in [0.29, 0.717) is 12.1 Å². The summed E-state index contributed by atoms with van der Waals surface area (Å²) in [5.41, 5.74) is 0.522. The standard InChI is InChI=1S/C12H12N4O4S/c17-12(18)9-6-16(8-1-4-21(19,20)7-8)15-11(9)10-5-13-2-3-14-10/h2-3,5-6,8H,1,4,7H2,(H,17,18). The fourth-order valence-electron chi connectivity index (χ4n) is 2.33. The molecule has 0 aliphatic carbocycles. The maximum atomic E-state index is 11.5. The Balaban J connectivity index is 2.04. The second-order valence-corrected chi connectivity index (χ2v) is 7.05. The first-order chi connectivity index (χ1) is 9.96. The van der Waals surface area contributed by atoms with Gasteiger partial charge in [0.05, 0.1) is 23.7 Å². The van der Waals surface area contributed by atoms with Crippen molar-refractivity contribution in [2.45, 2.75) is 12.5 Å². The molecule has 0 amide bonds. The van der Waals surface area contributed by atoms with Crippen LogP contribution in [0.2, 0.25) is 0 Å². The molecule has 0 spiro atoms. The second kappa shape index (κ2) is 4.92. The fraction of sp³-hybridized carbons (Fsp3) is 0.333. The van der Waals surface area contributed by atoms with Gasteiger partial charge in [0.1, 0.15) is 17.0 Å². The number of carboxylic acid groups (broad SMARTS) is 1. The third kappa shape index (κ3) is 2.64. The van der Waals surface area contributed by atoms with Crippen molar-refractivity contribution in [3.05, 3.63) is 30.4 Å². The molecule has 9 heteroatoms. The van der Waals surface area contributed by atoms with Gasteiger partial charge in [-0.1, -0.05) is 0 Å². The molecule has 21 heavy (non-hydrogen) atoms. The van der Waals surface area contributed by atoms with Crippen molar-refractivity contribution in [2.24, 2.45) is 0 Å². The number of nitrogens with zero attached hydrogens (tertiary/aromatic N) is 4. The Morgan fingerprint density at radius 2 is 2.19 bits per heavy atom. The van der Waals surface area contributed by atoms with E-state index in [0.717, 1.165) is 0 Å². The molecular formula is C12H12N4O4S. The summed E-state index contributed by atoms with van der Waals surface area (Å²) in [6, 6.07) is -0.335. The minimum atomic E-state index is -3.07. The van der Waals surface area contributed by atoms with Crippen LogP contribution in [0.3, 0.4) is 0 Å². The van der Waals surface area contributed by atoms with Gasteiger partial charge in [-0.25, -0.2) is 13.2 Å². The number of hydrogen-bond donors (Lipinski definition) is 1. The highest BCUT2D eigenvalue weighted by atomic mass is 32.2. The number of aromatic nitrogens is 4.